The van der Waals surface area contributed by atoms with Crippen molar-refractivity contribution in [3.8, 4) is 0 Å². The van der Waals surface area contributed by atoms with Gasteiger partial charge in [0.25, 0.3) is 0 Å². The number of hydrogen-bond acceptors (Lipinski definition) is 6. The highest BCUT2D eigenvalue weighted by atomic mass is 16.5. The molecule has 0 amide bonds. The molecule has 0 aliphatic carbocycles. The monoisotopic (exact) mass is 280 g/mol. The molecule has 2 atom stereocenters. The van der Waals surface area contributed by atoms with E-state index in [0.29, 0.717) is 30.2 Å². The summed E-state index contributed by atoms with van der Waals surface area (Å²) in [6, 6.07) is 0.946. The first-order valence-electron chi connectivity index (χ1n) is 6.56. The number of rotatable bonds is 3. The molecule has 5 N–H and O–H groups in total. The fraction of sp³-hybridized carbons (Fsp3) is 0.538. The van der Waals surface area contributed by atoms with Gasteiger partial charge < -0.3 is 26.2 Å². The van der Waals surface area contributed by atoms with Crippen LogP contribution in [0.5, 0.6) is 0 Å². The fourth-order valence-corrected chi connectivity index (χ4v) is 2.55. The van der Waals surface area contributed by atoms with E-state index in [1.807, 2.05) is 0 Å². The SMILES string of the molecule is COC1CCCC(C(=O)O)N(c2ncc(N)cc2N)C1. The van der Waals surface area contributed by atoms with Gasteiger partial charge >= 0.3 is 5.97 Å². The molecule has 0 spiro atoms. The third kappa shape index (κ3) is 2.93. The van der Waals surface area contributed by atoms with Crippen LogP contribution in [-0.2, 0) is 9.53 Å². The van der Waals surface area contributed by atoms with E-state index in [1.54, 1.807) is 18.1 Å². The summed E-state index contributed by atoms with van der Waals surface area (Å²) < 4.78 is 5.39. The van der Waals surface area contributed by atoms with Crippen molar-refractivity contribution in [2.45, 2.75) is 31.4 Å². The minimum atomic E-state index is -0.875. The summed E-state index contributed by atoms with van der Waals surface area (Å²) in [7, 11) is 1.63. The Kier molecular flexibility index (Phi) is 4.29. The van der Waals surface area contributed by atoms with Gasteiger partial charge in [-0.05, 0) is 25.3 Å². The molecule has 1 fully saturated rings. The molecule has 0 radical (unpaired) electrons. The predicted octanol–water partition coefficient (Wildman–Crippen LogP) is 0.705. The largest absolute Gasteiger partial charge is 0.480 e. The molecule has 0 saturated carbocycles. The number of ether oxygens (including phenoxy) is 1. The first-order valence-corrected chi connectivity index (χ1v) is 6.56. The molecule has 0 bridgehead atoms. The number of carbonyl (C=O) groups is 1. The van der Waals surface area contributed by atoms with Gasteiger partial charge in [0.05, 0.1) is 23.7 Å². The zero-order valence-corrected chi connectivity index (χ0v) is 11.5. The fourth-order valence-electron chi connectivity index (χ4n) is 2.55. The van der Waals surface area contributed by atoms with Crippen molar-refractivity contribution in [3.63, 3.8) is 0 Å². The molecular formula is C13H20N4O3. The van der Waals surface area contributed by atoms with Crippen LogP contribution >= 0.6 is 0 Å². The Labute approximate surface area is 117 Å². The first-order chi connectivity index (χ1) is 9.52. The summed E-state index contributed by atoms with van der Waals surface area (Å²) >= 11 is 0. The van der Waals surface area contributed by atoms with Crippen molar-refractivity contribution < 1.29 is 14.6 Å². The summed E-state index contributed by atoms with van der Waals surface area (Å²) in [6.45, 7) is 0.453. The maximum Gasteiger partial charge on any atom is 0.326 e. The van der Waals surface area contributed by atoms with Crippen LogP contribution in [0.2, 0.25) is 0 Å². The second-order valence-electron chi connectivity index (χ2n) is 4.98. The summed E-state index contributed by atoms with van der Waals surface area (Å²) in [6.07, 6.45) is 3.61. The lowest BCUT2D eigenvalue weighted by Crippen LogP contribution is -2.44. The van der Waals surface area contributed by atoms with Gasteiger partial charge in [-0.15, -0.1) is 0 Å². The zero-order valence-electron chi connectivity index (χ0n) is 11.5. The van der Waals surface area contributed by atoms with Crippen molar-refractivity contribution in [1.82, 2.24) is 4.98 Å². The van der Waals surface area contributed by atoms with Crippen LogP contribution in [0, 0.1) is 0 Å². The number of nitrogens with zero attached hydrogens (tertiary/aromatic N) is 2. The number of nitrogens with two attached hydrogens (primary N) is 2. The highest BCUT2D eigenvalue weighted by Gasteiger charge is 2.32. The maximum atomic E-state index is 11.5. The van der Waals surface area contributed by atoms with Gasteiger partial charge in [-0.2, -0.15) is 0 Å². The molecule has 1 aromatic rings. The summed E-state index contributed by atoms with van der Waals surface area (Å²) in [5.41, 5.74) is 12.4. The number of aliphatic carboxylic acids is 1. The number of aromatic nitrogens is 1. The molecule has 110 valence electrons. The van der Waals surface area contributed by atoms with E-state index in [9.17, 15) is 9.90 Å². The Morgan fingerprint density at radius 1 is 1.50 bits per heavy atom. The summed E-state index contributed by atoms with van der Waals surface area (Å²) in [4.78, 5) is 17.4. The van der Waals surface area contributed by atoms with Gasteiger partial charge in [0.1, 0.15) is 6.04 Å². The molecule has 7 heteroatoms. The van der Waals surface area contributed by atoms with Crippen molar-refractivity contribution >= 4 is 23.2 Å². The van der Waals surface area contributed by atoms with E-state index < -0.39 is 12.0 Å². The normalized spacial score (nSPS) is 23.4. The van der Waals surface area contributed by atoms with Crippen molar-refractivity contribution in [1.29, 1.82) is 0 Å². The highest BCUT2D eigenvalue weighted by molar-refractivity contribution is 5.80. The average molecular weight is 280 g/mol. The summed E-state index contributed by atoms with van der Waals surface area (Å²) in [5.74, 6) is -0.421. The Morgan fingerprint density at radius 3 is 2.85 bits per heavy atom. The maximum absolute atomic E-state index is 11.5. The lowest BCUT2D eigenvalue weighted by molar-refractivity contribution is -0.138. The second-order valence-corrected chi connectivity index (χ2v) is 4.98. The number of carboxylic acid groups (broad SMARTS) is 1. The van der Waals surface area contributed by atoms with Crippen LogP contribution in [0.25, 0.3) is 0 Å². The van der Waals surface area contributed by atoms with Gasteiger partial charge in [-0.3, -0.25) is 0 Å². The van der Waals surface area contributed by atoms with Crippen LogP contribution in [0.3, 0.4) is 0 Å². The van der Waals surface area contributed by atoms with E-state index >= 15 is 0 Å². The van der Waals surface area contributed by atoms with E-state index in [1.165, 1.54) is 6.20 Å². The van der Waals surface area contributed by atoms with Crippen molar-refractivity contribution in [3.05, 3.63) is 12.3 Å². The molecule has 20 heavy (non-hydrogen) atoms. The molecule has 1 aliphatic rings. The van der Waals surface area contributed by atoms with Crippen LogP contribution in [0.15, 0.2) is 12.3 Å². The lowest BCUT2D eigenvalue weighted by Gasteiger charge is -2.30. The molecule has 7 nitrogen and oxygen atoms in total. The molecule has 2 heterocycles. The van der Waals surface area contributed by atoms with Crippen LogP contribution in [0.1, 0.15) is 19.3 Å². The number of anilines is 3. The van der Waals surface area contributed by atoms with E-state index in [-0.39, 0.29) is 6.10 Å². The molecule has 2 unspecified atom stereocenters. The molecule has 1 aliphatic heterocycles. The average Bonchev–Trinajstić information content (AvgIpc) is 2.61. The molecule has 0 aromatic carbocycles. The Balaban J connectivity index is 2.37. The predicted molar refractivity (Wildman–Crippen MR) is 76.5 cm³/mol. The highest BCUT2D eigenvalue weighted by Crippen LogP contribution is 2.29. The van der Waals surface area contributed by atoms with Gasteiger partial charge in [-0.25, -0.2) is 9.78 Å². The van der Waals surface area contributed by atoms with Crippen molar-refractivity contribution in [2.75, 3.05) is 30.0 Å². The van der Waals surface area contributed by atoms with E-state index in [4.69, 9.17) is 16.2 Å². The van der Waals surface area contributed by atoms with Crippen LogP contribution < -0.4 is 16.4 Å². The minimum Gasteiger partial charge on any atom is -0.480 e. The molecule has 1 aromatic heterocycles. The van der Waals surface area contributed by atoms with Crippen LogP contribution in [-0.4, -0.2) is 41.9 Å². The zero-order chi connectivity index (χ0) is 14.7. The second kappa shape index (κ2) is 5.96. The quantitative estimate of drug-likeness (QED) is 0.746. The van der Waals surface area contributed by atoms with Gasteiger partial charge in [-0.1, -0.05) is 0 Å². The molecule has 2 rings (SSSR count). The van der Waals surface area contributed by atoms with Gasteiger partial charge in [0.2, 0.25) is 0 Å². The number of pyridine rings is 1. The van der Waals surface area contributed by atoms with E-state index in [2.05, 4.69) is 4.98 Å². The van der Waals surface area contributed by atoms with Crippen molar-refractivity contribution in [2.24, 2.45) is 0 Å². The van der Waals surface area contributed by atoms with E-state index in [0.717, 1.165) is 12.8 Å². The first kappa shape index (κ1) is 14.4. The van der Waals surface area contributed by atoms with Crippen LogP contribution in [0.4, 0.5) is 17.2 Å². The third-order valence-electron chi connectivity index (χ3n) is 3.59. The lowest BCUT2D eigenvalue weighted by atomic mass is 10.1. The number of nitrogen functional groups attached to an aromatic ring is 2. The number of hydrogen-bond donors (Lipinski definition) is 3. The van der Waals surface area contributed by atoms with Gasteiger partial charge in [0.15, 0.2) is 5.82 Å². The third-order valence-corrected chi connectivity index (χ3v) is 3.59. The topological polar surface area (TPSA) is 115 Å². The Morgan fingerprint density at radius 2 is 2.25 bits per heavy atom. The Bertz CT molecular complexity index is 495. The number of methoxy groups -OCH3 is 1. The minimum absolute atomic E-state index is 0.0295. The summed E-state index contributed by atoms with van der Waals surface area (Å²) in [5, 5.41) is 9.42. The standard InChI is InChI=1S/C13H20N4O3/c1-20-9-3-2-4-11(13(18)19)17(7-9)12-10(15)5-8(14)6-16-12/h5-6,9,11H,2-4,7,14-15H2,1H3,(H,18,19). The number of carboxylic acids is 1. The molecule has 1 saturated heterocycles. The Hall–Kier alpha value is -2.02. The smallest absolute Gasteiger partial charge is 0.326 e. The molecular weight excluding hydrogens is 260 g/mol. The van der Waals surface area contributed by atoms with Gasteiger partial charge in [0, 0.05) is 13.7 Å².